The van der Waals surface area contributed by atoms with Crippen molar-refractivity contribution in [1.29, 1.82) is 0 Å². The smallest absolute Gasteiger partial charge is 0.0236 e. The Morgan fingerprint density at radius 1 is 1.24 bits per heavy atom. The highest BCUT2D eigenvalue weighted by Crippen LogP contribution is 2.27. The van der Waals surface area contributed by atoms with Crippen LogP contribution in [0, 0.1) is 5.92 Å². The van der Waals surface area contributed by atoms with Gasteiger partial charge >= 0.3 is 0 Å². The van der Waals surface area contributed by atoms with Gasteiger partial charge < -0.3 is 10.2 Å². The van der Waals surface area contributed by atoms with Gasteiger partial charge in [0.25, 0.3) is 0 Å². The fourth-order valence-corrected chi connectivity index (χ4v) is 3.85. The minimum atomic E-state index is 0.739. The van der Waals surface area contributed by atoms with Crippen molar-refractivity contribution in [1.82, 2.24) is 15.1 Å². The topological polar surface area (TPSA) is 18.5 Å². The zero-order valence-electron chi connectivity index (χ0n) is 11.4. The molecule has 3 heterocycles. The first kappa shape index (κ1) is 11.9. The number of hydrogen-bond acceptors (Lipinski definition) is 3. The monoisotopic (exact) mass is 237 g/mol. The number of nitrogens with zero attached hydrogens (tertiary/aromatic N) is 2. The van der Waals surface area contributed by atoms with Gasteiger partial charge in [0.1, 0.15) is 0 Å². The van der Waals surface area contributed by atoms with Gasteiger partial charge in [0.2, 0.25) is 0 Å². The highest BCUT2D eigenvalue weighted by atomic mass is 15.3. The first-order valence-corrected chi connectivity index (χ1v) is 7.44. The van der Waals surface area contributed by atoms with Gasteiger partial charge in [-0.05, 0) is 52.1 Å². The number of nitrogens with one attached hydrogen (secondary N) is 1. The fraction of sp³-hybridized carbons (Fsp3) is 1.00. The third kappa shape index (κ3) is 2.51. The number of hydrogen-bond donors (Lipinski definition) is 1. The standard InChI is InChI=1S/C14H27N3/c1-11(2)16-5-3-12(4-6-16)9-17-10-13-7-14(17)8-15-13/h11-15H,3-10H2,1-2H3. The van der Waals surface area contributed by atoms with Crippen LogP contribution in [0.2, 0.25) is 0 Å². The zero-order valence-corrected chi connectivity index (χ0v) is 11.4. The molecule has 0 radical (unpaired) electrons. The summed E-state index contributed by atoms with van der Waals surface area (Å²) in [5, 5.41) is 3.60. The highest BCUT2D eigenvalue weighted by molar-refractivity contribution is 4.98. The van der Waals surface area contributed by atoms with E-state index in [2.05, 4.69) is 29.0 Å². The van der Waals surface area contributed by atoms with Gasteiger partial charge in [0.15, 0.2) is 0 Å². The Kier molecular flexibility index (Phi) is 3.42. The molecule has 0 aromatic rings. The molecule has 3 nitrogen and oxygen atoms in total. The van der Waals surface area contributed by atoms with Gasteiger partial charge in [-0.25, -0.2) is 0 Å². The fourth-order valence-electron chi connectivity index (χ4n) is 3.85. The quantitative estimate of drug-likeness (QED) is 0.794. The van der Waals surface area contributed by atoms with Gasteiger partial charge in [-0.2, -0.15) is 0 Å². The molecule has 3 rings (SSSR count). The molecule has 2 bridgehead atoms. The summed E-state index contributed by atoms with van der Waals surface area (Å²) in [6.07, 6.45) is 4.24. The second-order valence-electron chi connectivity index (χ2n) is 6.52. The SMILES string of the molecule is CC(C)N1CCC(CN2CC3CC2CN3)CC1. The van der Waals surface area contributed by atoms with Crippen LogP contribution in [-0.2, 0) is 0 Å². The second-order valence-corrected chi connectivity index (χ2v) is 6.52. The van der Waals surface area contributed by atoms with Crippen LogP contribution < -0.4 is 5.32 Å². The van der Waals surface area contributed by atoms with Crippen LogP contribution in [0.1, 0.15) is 33.1 Å². The molecule has 0 amide bonds. The largest absolute Gasteiger partial charge is 0.311 e. The van der Waals surface area contributed by atoms with Gasteiger partial charge in [-0.15, -0.1) is 0 Å². The Hall–Kier alpha value is -0.120. The maximum Gasteiger partial charge on any atom is 0.0236 e. The van der Waals surface area contributed by atoms with Crippen LogP contribution in [0.5, 0.6) is 0 Å². The van der Waals surface area contributed by atoms with E-state index in [4.69, 9.17) is 0 Å². The predicted octanol–water partition coefficient (Wildman–Crippen LogP) is 1.15. The number of rotatable bonds is 3. The van der Waals surface area contributed by atoms with Crippen molar-refractivity contribution in [2.45, 2.75) is 51.2 Å². The average molecular weight is 237 g/mol. The third-order valence-corrected chi connectivity index (χ3v) is 5.04. The molecule has 0 aromatic carbocycles. The number of fused-ring (bicyclic) bond motifs is 2. The normalized spacial score (nSPS) is 36.2. The van der Waals surface area contributed by atoms with Crippen LogP contribution in [0.4, 0.5) is 0 Å². The van der Waals surface area contributed by atoms with Crippen molar-refractivity contribution in [3.8, 4) is 0 Å². The molecule has 2 unspecified atom stereocenters. The van der Waals surface area contributed by atoms with Crippen molar-refractivity contribution in [2.75, 3.05) is 32.7 Å². The van der Waals surface area contributed by atoms with Crippen molar-refractivity contribution in [3.05, 3.63) is 0 Å². The summed E-state index contributed by atoms with van der Waals surface area (Å²) in [6, 6.07) is 2.42. The maximum atomic E-state index is 3.60. The van der Waals surface area contributed by atoms with Crippen molar-refractivity contribution < 1.29 is 0 Å². The summed E-state index contributed by atoms with van der Waals surface area (Å²) in [6.45, 7) is 11.2. The molecule has 0 saturated carbocycles. The second kappa shape index (κ2) is 4.87. The lowest BCUT2D eigenvalue weighted by Gasteiger charge is -2.37. The van der Waals surface area contributed by atoms with Crippen LogP contribution in [0.3, 0.4) is 0 Å². The van der Waals surface area contributed by atoms with E-state index < -0.39 is 0 Å². The van der Waals surface area contributed by atoms with Crippen LogP contribution in [0.25, 0.3) is 0 Å². The highest BCUT2D eigenvalue weighted by Gasteiger charge is 2.38. The molecule has 17 heavy (non-hydrogen) atoms. The molecule has 0 aromatic heterocycles. The minimum absolute atomic E-state index is 0.739. The Bertz CT molecular complexity index is 258. The molecular formula is C14H27N3. The number of likely N-dealkylation sites (tertiary alicyclic amines) is 2. The molecule has 3 saturated heterocycles. The van der Waals surface area contributed by atoms with E-state index >= 15 is 0 Å². The molecule has 3 aliphatic rings. The summed E-state index contributed by atoms with van der Waals surface area (Å²) in [5.74, 6) is 0.962. The summed E-state index contributed by atoms with van der Waals surface area (Å²) in [7, 11) is 0. The first-order valence-electron chi connectivity index (χ1n) is 7.44. The van der Waals surface area contributed by atoms with Gasteiger partial charge in [0, 0.05) is 37.8 Å². The maximum absolute atomic E-state index is 3.60. The Balaban J connectivity index is 1.45. The lowest BCUT2D eigenvalue weighted by Crippen LogP contribution is -2.47. The van der Waals surface area contributed by atoms with E-state index in [-0.39, 0.29) is 0 Å². The van der Waals surface area contributed by atoms with E-state index in [1.807, 2.05) is 0 Å². The average Bonchev–Trinajstić information content (AvgIpc) is 2.91. The Morgan fingerprint density at radius 3 is 2.53 bits per heavy atom. The van der Waals surface area contributed by atoms with Crippen molar-refractivity contribution >= 4 is 0 Å². The molecule has 3 fully saturated rings. The lowest BCUT2D eigenvalue weighted by atomic mass is 9.95. The molecular weight excluding hydrogens is 210 g/mol. The van der Waals surface area contributed by atoms with Gasteiger partial charge in [-0.3, -0.25) is 4.90 Å². The summed E-state index contributed by atoms with van der Waals surface area (Å²) in [4.78, 5) is 5.39. The van der Waals surface area contributed by atoms with Crippen LogP contribution in [-0.4, -0.2) is 60.6 Å². The Morgan fingerprint density at radius 2 is 2.00 bits per heavy atom. The lowest BCUT2D eigenvalue weighted by molar-refractivity contribution is 0.112. The van der Waals surface area contributed by atoms with Crippen LogP contribution in [0.15, 0.2) is 0 Å². The predicted molar refractivity (Wildman–Crippen MR) is 71.2 cm³/mol. The van der Waals surface area contributed by atoms with Crippen molar-refractivity contribution in [2.24, 2.45) is 5.92 Å². The molecule has 0 spiro atoms. The molecule has 0 aliphatic carbocycles. The Labute approximate surface area is 106 Å². The van der Waals surface area contributed by atoms with E-state index in [0.717, 1.165) is 24.0 Å². The molecule has 2 atom stereocenters. The van der Waals surface area contributed by atoms with E-state index in [9.17, 15) is 0 Å². The molecule has 1 N–H and O–H groups in total. The number of piperazine rings is 1. The van der Waals surface area contributed by atoms with E-state index in [1.54, 1.807) is 0 Å². The molecule has 3 heteroatoms. The van der Waals surface area contributed by atoms with Crippen molar-refractivity contribution in [3.63, 3.8) is 0 Å². The summed E-state index contributed by atoms with van der Waals surface area (Å²) >= 11 is 0. The molecule has 3 aliphatic heterocycles. The third-order valence-electron chi connectivity index (χ3n) is 5.04. The zero-order chi connectivity index (χ0) is 11.8. The first-order chi connectivity index (χ1) is 8.22. The summed E-state index contributed by atoms with van der Waals surface area (Å²) < 4.78 is 0. The van der Waals surface area contributed by atoms with Crippen LogP contribution >= 0.6 is 0 Å². The van der Waals surface area contributed by atoms with Gasteiger partial charge in [-0.1, -0.05) is 0 Å². The summed E-state index contributed by atoms with van der Waals surface area (Å²) in [5.41, 5.74) is 0. The minimum Gasteiger partial charge on any atom is -0.311 e. The number of piperidine rings is 1. The van der Waals surface area contributed by atoms with Gasteiger partial charge in [0.05, 0.1) is 0 Å². The van der Waals surface area contributed by atoms with E-state index in [0.29, 0.717) is 0 Å². The molecule has 98 valence electrons. The van der Waals surface area contributed by atoms with E-state index in [1.165, 1.54) is 52.0 Å².